The van der Waals surface area contributed by atoms with Gasteiger partial charge >= 0.3 is 6.36 Å². The van der Waals surface area contributed by atoms with Crippen molar-refractivity contribution < 1.29 is 17.9 Å². The van der Waals surface area contributed by atoms with Crippen molar-refractivity contribution in [2.45, 2.75) is 12.9 Å². The number of nitrogens with one attached hydrogen (secondary N) is 1. The first-order valence-corrected chi connectivity index (χ1v) is 6.35. The normalized spacial score (nSPS) is 11.7. The maximum atomic E-state index is 12.0. The molecule has 23 heavy (non-hydrogen) atoms. The summed E-state index contributed by atoms with van der Waals surface area (Å²) in [5, 5.41) is 2.79. The summed E-state index contributed by atoms with van der Waals surface area (Å²) in [5.41, 5.74) is 7.24. The first-order chi connectivity index (χ1) is 10.3. The highest BCUT2D eigenvalue weighted by Gasteiger charge is 2.30. The number of rotatable bonds is 4. The van der Waals surface area contributed by atoms with E-state index in [1.165, 1.54) is 24.3 Å². The minimum atomic E-state index is -4.70. The van der Waals surface area contributed by atoms with Gasteiger partial charge in [-0.25, -0.2) is 4.99 Å². The van der Waals surface area contributed by atoms with Gasteiger partial charge in [0.15, 0.2) is 5.96 Å². The lowest BCUT2D eigenvalue weighted by molar-refractivity contribution is -0.274. The molecule has 126 valence electrons. The second-order valence-corrected chi connectivity index (χ2v) is 4.58. The average molecular weight is 440 g/mol. The van der Waals surface area contributed by atoms with Gasteiger partial charge in [0.05, 0.1) is 6.54 Å². The number of anilines is 1. The number of aryl methyl sites for hydroxylation is 1. The molecule has 0 aliphatic rings. The van der Waals surface area contributed by atoms with Crippen molar-refractivity contribution in [2.75, 3.05) is 5.32 Å². The third-order valence-corrected chi connectivity index (χ3v) is 2.69. The molecular formula is C14H16F3IN4O. The lowest BCUT2D eigenvalue weighted by atomic mass is 10.3. The van der Waals surface area contributed by atoms with E-state index in [1.54, 1.807) is 0 Å². The quantitative estimate of drug-likeness (QED) is 0.435. The highest BCUT2D eigenvalue weighted by Crippen LogP contribution is 2.23. The molecule has 0 saturated heterocycles. The molecule has 1 aromatic carbocycles. The van der Waals surface area contributed by atoms with Gasteiger partial charge in [0.1, 0.15) is 5.75 Å². The zero-order chi connectivity index (χ0) is 16.2. The van der Waals surface area contributed by atoms with Crippen molar-refractivity contribution in [2.24, 2.45) is 17.8 Å². The second-order valence-electron chi connectivity index (χ2n) is 4.58. The number of aromatic nitrogens is 1. The summed E-state index contributed by atoms with van der Waals surface area (Å²) in [4.78, 5) is 4.14. The van der Waals surface area contributed by atoms with Crippen LogP contribution in [0, 0.1) is 0 Å². The largest absolute Gasteiger partial charge is 0.573 e. The van der Waals surface area contributed by atoms with Crippen LogP contribution in [-0.4, -0.2) is 16.9 Å². The number of alkyl halides is 3. The van der Waals surface area contributed by atoms with Gasteiger partial charge in [-0.05, 0) is 35.9 Å². The number of hydrogen-bond donors (Lipinski definition) is 2. The van der Waals surface area contributed by atoms with Crippen LogP contribution >= 0.6 is 24.0 Å². The van der Waals surface area contributed by atoms with Crippen LogP contribution in [0.3, 0.4) is 0 Å². The number of guanidine groups is 1. The Kier molecular flexibility index (Phi) is 6.73. The van der Waals surface area contributed by atoms with Crippen molar-refractivity contribution in [1.82, 2.24) is 4.57 Å². The van der Waals surface area contributed by atoms with Crippen LogP contribution in [0.5, 0.6) is 5.75 Å². The zero-order valence-corrected chi connectivity index (χ0v) is 14.5. The Balaban J connectivity index is 0.00000264. The Labute approximate surface area is 148 Å². The molecule has 3 N–H and O–H groups in total. The molecule has 5 nitrogen and oxygen atoms in total. The van der Waals surface area contributed by atoms with Crippen LogP contribution in [0.25, 0.3) is 0 Å². The van der Waals surface area contributed by atoms with Crippen LogP contribution in [0.2, 0.25) is 0 Å². The molecule has 0 unspecified atom stereocenters. The van der Waals surface area contributed by atoms with Gasteiger partial charge in [-0.15, -0.1) is 37.1 Å². The molecule has 0 radical (unpaired) electrons. The molecule has 2 aromatic rings. The monoisotopic (exact) mass is 440 g/mol. The molecule has 0 bridgehead atoms. The summed E-state index contributed by atoms with van der Waals surface area (Å²) < 4.78 is 41.8. The Hall–Kier alpha value is -1.91. The number of nitrogens with two attached hydrogens (primary N) is 1. The lowest BCUT2D eigenvalue weighted by Gasteiger charge is -2.10. The first kappa shape index (κ1) is 19.1. The van der Waals surface area contributed by atoms with E-state index in [4.69, 9.17) is 5.73 Å². The molecule has 0 aliphatic carbocycles. The van der Waals surface area contributed by atoms with E-state index >= 15 is 0 Å². The predicted octanol–water partition coefficient (Wildman–Crippen LogP) is 3.47. The van der Waals surface area contributed by atoms with Gasteiger partial charge in [-0.1, -0.05) is 0 Å². The first-order valence-electron chi connectivity index (χ1n) is 6.35. The standard InChI is InChI=1S/C14H15F3N4O.HI/c1-21-7-6-10(9-21)8-19-13(18)20-11-2-4-12(5-3-11)22-14(15,16)17;/h2-7,9H,8H2,1H3,(H3,18,19,20);1H. The Morgan fingerprint density at radius 3 is 2.43 bits per heavy atom. The van der Waals surface area contributed by atoms with Crippen molar-refractivity contribution in [3.8, 4) is 5.75 Å². The predicted molar refractivity (Wildman–Crippen MR) is 92.9 cm³/mol. The van der Waals surface area contributed by atoms with E-state index in [2.05, 4.69) is 15.0 Å². The summed E-state index contributed by atoms with van der Waals surface area (Å²) in [6.45, 7) is 0.412. The van der Waals surface area contributed by atoms with Crippen molar-refractivity contribution in [3.63, 3.8) is 0 Å². The zero-order valence-electron chi connectivity index (χ0n) is 12.2. The summed E-state index contributed by atoms with van der Waals surface area (Å²) in [5.74, 6) is -0.119. The molecule has 0 aliphatic heterocycles. The van der Waals surface area contributed by atoms with Gasteiger partial charge in [-0.3, -0.25) is 0 Å². The third-order valence-electron chi connectivity index (χ3n) is 2.69. The number of hydrogen-bond acceptors (Lipinski definition) is 2. The molecule has 0 saturated carbocycles. The van der Waals surface area contributed by atoms with Crippen LogP contribution in [0.15, 0.2) is 47.7 Å². The smallest absolute Gasteiger partial charge is 0.406 e. The molecule has 0 amide bonds. The molecule has 1 aromatic heterocycles. The second kappa shape index (κ2) is 8.09. The highest BCUT2D eigenvalue weighted by atomic mass is 127. The third kappa shape index (κ3) is 6.80. The molecule has 0 atom stereocenters. The Morgan fingerprint density at radius 2 is 1.91 bits per heavy atom. The van der Waals surface area contributed by atoms with Gasteiger partial charge in [-0.2, -0.15) is 0 Å². The van der Waals surface area contributed by atoms with E-state index in [1.807, 2.05) is 30.1 Å². The van der Waals surface area contributed by atoms with E-state index in [9.17, 15) is 13.2 Å². The van der Waals surface area contributed by atoms with E-state index < -0.39 is 6.36 Å². The highest BCUT2D eigenvalue weighted by molar-refractivity contribution is 14.0. The minimum absolute atomic E-state index is 0. The molecule has 1 heterocycles. The fourth-order valence-electron chi connectivity index (χ4n) is 1.76. The maximum Gasteiger partial charge on any atom is 0.573 e. The van der Waals surface area contributed by atoms with Gasteiger partial charge in [0, 0.05) is 25.1 Å². The van der Waals surface area contributed by atoms with Crippen LogP contribution in [0.4, 0.5) is 18.9 Å². The maximum absolute atomic E-state index is 12.0. The fraction of sp³-hybridized carbons (Fsp3) is 0.214. The van der Waals surface area contributed by atoms with Gasteiger partial charge in [0.25, 0.3) is 0 Å². The van der Waals surface area contributed by atoms with Crippen LogP contribution in [0.1, 0.15) is 5.56 Å². The SMILES string of the molecule is Cn1ccc(CN=C(N)Nc2ccc(OC(F)(F)F)cc2)c1.I. The molecule has 0 fully saturated rings. The molecule has 9 heteroatoms. The summed E-state index contributed by atoms with van der Waals surface area (Å²) in [6, 6.07) is 7.15. The lowest BCUT2D eigenvalue weighted by Crippen LogP contribution is -2.22. The number of halogens is 4. The van der Waals surface area contributed by atoms with Gasteiger partial charge in [0.2, 0.25) is 0 Å². The molecule has 0 spiro atoms. The van der Waals surface area contributed by atoms with Crippen LogP contribution in [-0.2, 0) is 13.6 Å². The Bertz CT molecular complexity index is 653. The average Bonchev–Trinajstić information content (AvgIpc) is 2.83. The Morgan fingerprint density at radius 1 is 1.26 bits per heavy atom. The van der Waals surface area contributed by atoms with Crippen molar-refractivity contribution >= 4 is 35.6 Å². The van der Waals surface area contributed by atoms with Crippen LogP contribution < -0.4 is 15.8 Å². The molecule has 2 rings (SSSR count). The molecular weight excluding hydrogens is 424 g/mol. The van der Waals surface area contributed by atoms with E-state index in [0.717, 1.165) is 5.56 Å². The van der Waals surface area contributed by atoms with Crippen molar-refractivity contribution in [3.05, 3.63) is 48.3 Å². The number of ether oxygens (including phenoxy) is 1. The number of aliphatic imine (C=N–C) groups is 1. The van der Waals surface area contributed by atoms with Crippen molar-refractivity contribution in [1.29, 1.82) is 0 Å². The fourth-order valence-corrected chi connectivity index (χ4v) is 1.76. The topological polar surface area (TPSA) is 64.6 Å². The van der Waals surface area contributed by atoms with E-state index in [-0.39, 0.29) is 35.7 Å². The van der Waals surface area contributed by atoms with Gasteiger partial charge < -0.3 is 20.4 Å². The number of benzene rings is 1. The minimum Gasteiger partial charge on any atom is -0.406 e. The summed E-state index contributed by atoms with van der Waals surface area (Å²) >= 11 is 0. The summed E-state index contributed by atoms with van der Waals surface area (Å²) in [7, 11) is 1.90. The summed E-state index contributed by atoms with van der Waals surface area (Å²) in [6.07, 6.45) is -0.890. The van der Waals surface area contributed by atoms with E-state index in [0.29, 0.717) is 12.2 Å². The number of nitrogens with zero attached hydrogens (tertiary/aromatic N) is 2.